The summed E-state index contributed by atoms with van der Waals surface area (Å²) in [7, 11) is -3.16. The van der Waals surface area contributed by atoms with Crippen molar-refractivity contribution in [3.8, 4) is 0 Å². The highest BCUT2D eigenvalue weighted by molar-refractivity contribution is 7.90. The lowest BCUT2D eigenvalue weighted by molar-refractivity contribution is -0.121. The van der Waals surface area contributed by atoms with Crippen LogP contribution in [0.25, 0.3) is 0 Å². The monoisotopic (exact) mass is 396 g/mol. The second-order valence-corrected chi connectivity index (χ2v) is 9.54. The summed E-state index contributed by atoms with van der Waals surface area (Å²) in [5.74, 6) is 0.487. The van der Waals surface area contributed by atoms with Crippen molar-refractivity contribution >= 4 is 21.7 Å². The molecular weight excluding hydrogens is 364 g/mol. The highest BCUT2D eigenvalue weighted by Crippen LogP contribution is 2.06. The first-order valence-corrected chi connectivity index (χ1v) is 11.0. The molecule has 152 valence electrons. The van der Waals surface area contributed by atoms with Crippen molar-refractivity contribution in [1.82, 2.24) is 16.0 Å². The van der Waals surface area contributed by atoms with Gasteiger partial charge in [0, 0.05) is 18.6 Å². The Balaban J connectivity index is 2.43. The molecule has 8 heteroatoms. The quantitative estimate of drug-likeness (QED) is 0.333. The van der Waals surface area contributed by atoms with E-state index in [-0.39, 0.29) is 29.5 Å². The molecule has 0 unspecified atom stereocenters. The van der Waals surface area contributed by atoms with Crippen LogP contribution in [0.5, 0.6) is 0 Å². The van der Waals surface area contributed by atoms with E-state index >= 15 is 0 Å². The number of aliphatic imine (C=N–C) groups is 1. The van der Waals surface area contributed by atoms with Crippen LogP contribution < -0.4 is 16.0 Å². The number of guanidine groups is 1. The molecule has 27 heavy (non-hydrogen) atoms. The maximum Gasteiger partial charge on any atom is 0.242 e. The van der Waals surface area contributed by atoms with Gasteiger partial charge in [-0.15, -0.1) is 0 Å². The van der Waals surface area contributed by atoms with Gasteiger partial charge in [0.1, 0.15) is 6.54 Å². The molecule has 0 heterocycles. The Morgan fingerprint density at radius 2 is 1.78 bits per heavy atom. The lowest BCUT2D eigenvalue weighted by Crippen LogP contribution is -2.43. The van der Waals surface area contributed by atoms with Gasteiger partial charge in [-0.1, -0.05) is 30.3 Å². The minimum absolute atomic E-state index is 0.0128. The number of hydrogen-bond donors (Lipinski definition) is 3. The van der Waals surface area contributed by atoms with Crippen molar-refractivity contribution in [2.45, 2.75) is 45.4 Å². The van der Waals surface area contributed by atoms with Crippen molar-refractivity contribution in [2.75, 3.05) is 25.4 Å². The molecule has 1 aromatic carbocycles. The van der Waals surface area contributed by atoms with Crippen LogP contribution in [0, 0.1) is 0 Å². The van der Waals surface area contributed by atoms with E-state index in [0.29, 0.717) is 25.5 Å². The van der Waals surface area contributed by atoms with Gasteiger partial charge in [0.2, 0.25) is 5.91 Å². The maximum absolute atomic E-state index is 12.2. The number of rotatable bonds is 9. The lowest BCUT2D eigenvalue weighted by atomic mass is 10.1. The summed E-state index contributed by atoms with van der Waals surface area (Å²) in [4.78, 5) is 16.1. The number of benzene rings is 1. The van der Waals surface area contributed by atoms with Gasteiger partial charge in [-0.3, -0.25) is 4.79 Å². The van der Waals surface area contributed by atoms with Crippen LogP contribution in [0.3, 0.4) is 0 Å². The molecule has 1 aromatic rings. The number of nitrogens with zero attached hydrogens (tertiary/aromatic N) is 1. The summed E-state index contributed by atoms with van der Waals surface area (Å²) < 4.78 is 24.4. The SMILES string of the molecule is CCNC(=NCC(=O)NC(C)(C)C)NCCCS(=O)(=O)Cc1ccccc1. The van der Waals surface area contributed by atoms with Crippen molar-refractivity contribution in [1.29, 1.82) is 0 Å². The molecule has 3 N–H and O–H groups in total. The molecule has 0 fully saturated rings. The van der Waals surface area contributed by atoms with E-state index in [1.807, 2.05) is 58.0 Å². The smallest absolute Gasteiger partial charge is 0.242 e. The van der Waals surface area contributed by atoms with Gasteiger partial charge in [-0.2, -0.15) is 0 Å². The topological polar surface area (TPSA) is 99.7 Å². The first-order chi connectivity index (χ1) is 12.6. The Morgan fingerprint density at radius 3 is 2.37 bits per heavy atom. The van der Waals surface area contributed by atoms with Gasteiger partial charge in [-0.25, -0.2) is 13.4 Å². The molecule has 7 nitrogen and oxygen atoms in total. The third kappa shape index (κ3) is 11.3. The minimum atomic E-state index is -3.16. The molecule has 0 atom stereocenters. The average Bonchev–Trinajstić information content (AvgIpc) is 2.55. The molecular formula is C19H32N4O3S. The summed E-state index contributed by atoms with van der Waals surface area (Å²) in [5.41, 5.74) is 0.496. The molecule has 0 bridgehead atoms. The van der Waals surface area contributed by atoms with E-state index in [4.69, 9.17) is 0 Å². The number of carbonyl (C=O) groups excluding carboxylic acids is 1. The molecule has 0 radical (unpaired) electrons. The second kappa shape index (κ2) is 10.9. The van der Waals surface area contributed by atoms with Crippen LogP contribution in [-0.4, -0.2) is 51.2 Å². The molecule has 0 aliphatic heterocycles. The predicted octanol–water partition coefficient (Wildman–Crippen LogP) is 1.46. The van der Waals surface area contributed by atoms with E-state index in [9.17, 15) is 13.2 Å². The van der Waals surface area contributed by atoms with Crippen molar-refractivity contribution < 1.29 is 13.2 Å². The van der Waals surface area contributed by atoms with Crippen molar-refractivity contribution in [3.05, 3.63) is 35.9 Å². The Bertz CT molecular complexity index is 710. The Kier molecular flexibility index (Phi) is 9.28. The van der Waals surface area contributed by atoms with E-state index in [1.54, 1.807) is 0 Å². The molecule has 0 aromatic heterocycles. The van der Waals surface area contributed by atoms with Gasteiger partial charge < -0.3 is 16.0 Å². The zero-order valence-electron chi connectivity index (χ0n) is 16.7. The molecule has 0 spiro atoms. The van der Waals surface area contributed by atoms with Gasteiger partial charge in [-0.05, 0) is 39.7 Å². The summed E-state index contributed by atoms with van der Waals surface area (Å²) in [6.07, 6.45) is 0.466. The fourth-order valence-electron chi connectivity index (χ4n) is 2.35. The minimum Gasteiger partial charge on any atom is -0.357 e. The van der Waals surface area contributed by atoms with E-state index in [1.165, 1.54) is 0 Å². The normalized spacial score (nSPS) is 12.5. The summed E-state index contributed by atoms with van der Waals surface area (Å²) in [6.45, 7) is 8.78. The number of amides is 1. The molecule has 0 saturated heterocycles. The van der Waals surface area contributed by atoms with Crippen LogP contribution in [-0.2, 0) is 20.4 Å². The average molecular weight is 397 g/mol. The maximum atomic E-state index is 12.2. The fourth-order valence-corrected chi connectivity index (χ4v) is 3.78. The highest BCUT2D eigenvalue weighted by atomic mass is 32.2. The number of hydrogen-bond acceptors (Lipinski definition) is 4. The van der Waals surface area contributed by atoms with Crippen LogP contribution in [0.1, 0.15) is 39.7 Å². The standard InChI is InChI=1S/C19H32N4O3S/c1-5-20-18(22-14-17(24)23-19(2,3)4)21-12-9-13-27(25,26)15-16-10-7-6-8-11-16/h6-8,10-11H,5,9,12-15H2,1-4H3,(H,23,24)(H2,20,21,22). The zero-order valence-corrected chi connectivity index (χ0v) is 17.5. The fraction of sp³-hybridized carbons (Fsp3) is 0.579. The summed E-state index contributed by atoms with van der Waals surface area (Å²) >= 11 is 0. The van der Waals surface area contributed by atoms with Crippen molar-refractivity contribution in [2.24, 2.45) is 4.99 Å². The Hall–Kier alpha value is -2.09. The molecule has 0 aliphatic rings. The van der Waals surface area contributed by atoms with Crippen molar-refractivity contribution in [3.63, 3.8) is 0 Å². The molecule has 0 saturated carbocycles. The van der Waals surface area contributed by atoms with E-state index in [0.717, 1.165) is 5.56 Å². The van der Waals surface area contributed by atoms with E-state index < -0.39 is 9.84 Å². The van der Waals surface area contributed by atoms with Crippen LogP contribution in [0.2, 0.25) is 0 Å². The van der Waals surface area contributed by atoms with Gasteiger partial charge in [0.15, 0.2) is 15.8 Å². The summed E-state index contributed by atoms with van der Waals surface area (Å²) in [5, 5.41) is 8.96. The van der Waals surface area contributed by atoms with Crippen LogP contribution in [0.4, 0.5) is 0 Å². The molecule has 1 amide bonds. The zero-order chi connectivity index (χ0) is 20.3. The number of sulfone groups is 1. The van der Waals surface area contributed by atoms with Gasteiger partial charge >= 0.3 is 0 Å². The molecule has 0 aliphatic carbocycles. The Labute approximate surface area is 163 Å². The first-order valence-electron chi connectivity index (χ1n) is 9.19. The largest absolute Gasteiger partial charge is 0.357 e. The summed E-state index contributed by atoms with van der Waals surface area (Å²) in [6, 6.07) is 9.16. The van der Waals surface area contributed by atoms with Crippen LogP contribution >= 0.6 is 0 Å². The van der Waals surface area contributed by atoms with Gasteiger partial charge in [0.25, 0.3) is 0 Å². The predicted molar refractivity (Wildman–Crippen MR) is 110 cm³/mol. The number of nitrogens with one attached hydrogen (secondary N) is 3. The second-order valence-electron chi connectivity index (χ2n) is 7.35. The third-order valence-corrected chi connectivity index (χ3v) is 5.08. The first kappa shape index (κ1) is 23.0. The van der Waals surface area contributed by atoms with Gasteiger partial charge in [0.05, 0.1) is 11.5 Å². The van der Waals surface area contributed by atoms with E-state index in [2.05, 4.69) is 20.9 Å². The lowest BCUT2D eigenvalue weighted by Gasteiger charge is -2.20. The highest BCUT2D eigenvalue weighted by Gasteiger charge is 2.14. The molecule has 1 rings (SSSR count). The Morgan fingerprint density at radius 1 is 1.11 bits per heavy atom. The number of carbonyl (C=O) groups is 1. The van der Waals surface area contributed by atoms with Crippen LogP contribution in [0.15, 0.2) is 35.3 Å². The third-order valence-electron chi connectivity index (χ3n) is 3.39.